The van der Waals surface area contributed by atoms with Crippen molar-refractivity contribution in [3.8, 4) is 0 Å². The van der Waals surface area contributed by atoms with Gasteiger partial charge in [-0.3, -0.25) is 9.89 Å². The van der Waals surface area contributed by atoms with Crippen LogP contribution in [-0.2, 0) is 0 Å². The predicted octanol–water partition coefficient (Wildman–Crippen LogP) is 4.33. The van der Waals surface area contributed by atoms with Crippen LogP contribution in [0.3, 0.4) is 0 Å². The van der Waals surface area contributed by atoms with E-state index in [1.807, 2.05) is 24.8 Å². The third kappa shape index (κ3) is 3.69. The fourth-order valence-corrected chi connectivity index (χ4v) is 3.35. The van der Waals surface area contributed by atoms with Crippen LogP contribution in [0.15, 0.2) is 36.4 Å². The standard InChI is InChI=1S/C18H21N3O.C2H6/c22-18(17-12-16(19-20-17)15-6-7-15)21-10-8-14(9-11-21)13-4-2-1-3-5-13;1-2/h1-5,12,14-15H,6-11H2,(H,19,20);1-2H3. The lowest BCUT2D eigenvalue weighted by atomic mass is 9.89. The first kappa shape index (κ1) is 16.7. The molecule has 1 saturated heterocycles. The summed E-state index contributed by atoms with van der Waals surface area (Å²) in [4.78, 5) is 14.5. The van der Waals surface area contributed by atoms with Gasteiger partial charge in [-0.05, 0) is 43.2 Å². The Kier molecular flexibility index (Phi) is 5.34. The number of nitrogens with one attached hydrogen (secondary N) is 1. The molecule has 2 aromatic rings. The van der Waals surface area contributed by atoms with Gasteiger partial charge in [0.1, 0.15) is 5.69 Å². The van der Waals surface area contributed by atoms with Gasteiger partial charge < -0.3 is 4.90 Å². The number of rotatable bonds is 3. The first-order valence-corrected chi connectivity index (χ1v) is 9.21. The van der Waals surface area contributed by atoms with Gasteiger partial charge in [-0.1, -0.05) is 44.2 Å². The Morgan fingerprint density at radius 1 is 1.04 bits per heavy atom. The second-order valence-electron chi connectivity index (χ2n) is 6.46. The summed E-state index contributed by atoms with van der Waals surface area (Å²) in [5.41, 5.74) is 3.10. The molecule has 0 atom stereocenters. The third-order valence-electron chi connectivity index (χ3n) is 4.89. The van der Waals surface area contributed by atoms with Crippen molar-refractivity contribution in [1.29, 1.82) is 0 Å². The van der Waals surface area contributed by atoms with Gasteiger partial charge in [0.15, 0.2) is 0 Å². The molecule has 4 rings (SSSR count). The van der Waals surface area contributed by atoms with Crippen molar-refractivity contribution < 1.29 is 4.79 Å². The Morgan fingerprint density at radius 3 is 2.33 bits per heavy atom. The zero-order chi connectivity index (χ0) is 16.9. The topological polar surface area (TPSA) is 49.0 Å². The van der Waals surface area contributed by atoms with Gasteiger partial charge in [0.2, 0.25) is 0 Å². The molecular weight excluding hydrogens is 298 g/mol. The maximum Gasteiger partial charge on any atom is 0.274 e. The van der Waals surface area contributed by atoms with Crippen molar-refractivity contribution in [2.24, 2.45) is 0 Å². The quantitative estimate of drug-likeness (QED) is 0.913. The number of hydrogen-bond donors (Lipinski definition) is 1. The number of piperidine rings is 1. The molecule has 2 aliphatic rings. The average Bonchev–Trinajstić information content (AvgIpc) is 3.40. The van der Waals surface area contributed by atoms with Crippen LogP contribution < -0.4 is 0 Å². The van der Waals surface area contributed by atoms with Gasteiger partial charge in [0.05, 0.1) is 0 Å². The second kappa shape index (κ2) is 7.65. The molecule has 1 aliphatic carbocycles. The fraction of sp³-hybridized carbons (Fsp3) is 0.500. The molecule has 2 heterocycles. The molecule has 1 aromatic heterocycles. The molecular formula is C20H27N3O. The van der Waals surface area contributed by atoms with E-state index in [1.165, 1.54) is 18.4 Å². The number of carbonyl (C=O) groups excluding carboxylic acids is 1. The summed E-state index contributed by atoms with van der Waals surface area (Å²) in [6.45, 7) is 5.65. The normalized spacial score (nSPS) is 18.0. The molecule has 0 radical (unpaired) electrons. The fourth-order valence-electron chi connectivity index (χ4n) is 3.35. The number of aromatic amines is 1. The zero-order valence-corrected chi connectivity index (χ0v) is 14.7. The van der Waals surface area contributed by atoms with E-state index in [4.69, 9.17) is 0 Å². The highest BCUT2D eigenvalue weighted by Crippen LogP contribution is 2.39. The molecule has 0 bridgehead atoms. The molecule has 0 unspecified atom stereocenters. The van der Waals surface area contributed by atoms with E-state index >= 15 is 0 Å². The SMILES string of the molecule is CC.O=C(c1cc(C2CC2)[nH]n1)N1CCC(c2ccccc2)CC1. The van der Waals surface area contributed by atoms with Gasteiger partial charge in [0.25, 0.3) is 5.91 Å². The molecule has 2 fully saturated rings. The molecule has 24 heavy (non-hydrogen) atoms. The molecule has 0 spiro atoms. The summed E-state index contributed by atoms with van der Waals surface area (Å²) in [6.07, 6.45) is 4.52. The van der Waals surface area contributed by atoms with Gasteiger partial charge in [0, 0.05) is 24.7 Å². The first-order valence-electron chi connectivity index (χ1n) is 9.21. The summed E-state index contributed by atoms with van der Waals surface area (Å²) < 4.78 is 0. The van der Waals surface area contributed by atoms with E-state index in [0.29, 0.717) is 17.5 Å². The number of nitrogens with zero attached hydrogens (tertiary/aromatic N) is 2. The maximum atomic E-state index is 12.5. The molecule has 4 heteroatoms. The maximum absolute atomic E-state index is 12.5. The van der Waals surface area contributed by atoms with Gasteiger partial charge in [-0.25, -0.2) is 0 Å². The van der Waals surface area contributed by atoms with Crippen LogP contribution >= 0.6 is 0 Å². The Balaban J connectivity index is 0.000000815. The largest absolute Gasteiger partial charge is 0.337 e. The molecule has 1 amide bonds. The second-order valence-corrected chi connectivity index (χ2v) is 6.46. The summed E-state index contributed by atoms with van der Waals surface area (Å²) in [5.74, 6) is 1.26. The lowest BCUT2D eigenvalue weighted by Crippen LogP contribution is -2.38. The summed E-state index contributed by atoms with van der Waals surface area (Å²) in [5, 5.41) is 7.24. The van der Waals surface area contributed by atoms with E-state index in [0.717, 1.165) is 31.6 Å². The van der Waals surface area contributed by atoms with E-state index in [-0.39, 0.29) is 5.91 Å². The van der Waals surface area contributed by atoms with Crippen LogP contribution in [0.1, 0.15) is 73.1 Å². The minimum atomic E-state index is 0.0784. The number of benzene rings is 1. The highest BCUT2D eigenvalue weighted by atomic mass is 16.2. The number of H-pyrrole nitrogens is 1. The number of likely N-dealkylation sites (tertiary alicyclic amines) is 1. The summed E-state index contributed by atoms with van der Waals surface area (Å²) >= 11 is 0. The molecule has 1 aromatic carbocycles. The monoisotopic (exact) mass is 325 g/mol. The summed E-state index contributed by atoms with van der Waals surface area (Å²) in [6, 6.07) is 12.6. The average molecular weight is 325 g/mol. The highest BCUT2D eigenvalue weighted by molar-refractivity contribution is 5.92. The molecule has 128 valence electrons. The third-order valence-corrected chi connectivity index (χ3v) is 4.89. The smallest absolute Gasteiger partial charge is 0.274 e. The van der Waals surface area contributed by atoms with Crippen LogP contribution in [0.4, 0.5) is 0 Å². The molecule has 1 aliphatic heterocycles. The highest BCUT2D eigenvalue weighted by Gasteiger charge is 2.29. The zero-order valence-electron chi connectivity index (χ0n) is 14.7. The van der Waals surface area contributed by atoms with Crippen molar-refractivity contribution in [1.82, 2.24) is 15.1 Å². The van der Waals surface area contributed by atoms with Crippen molar-refractivity contribution in [3.63, 3.8) is 0 Å². The van der Waals surface area contributed by atoms with Crippen LogP contribution in [0.25, 0.3) is 0 Å². The molecule has 4 nitrogen and oxygen atoms in total. The van der Waals surface area contributed by atoms with Crippen LogP contribution in [0, 0.1) is 0 Å². The van der Waals surface area contributed by atoms with E-state index in [1.54, 1.807) is 0 Å². The minimum Gasteiger partial charge on any atom is -0.337 e. The van der Waals surface area contributed by atoms with Crippen LogP contribution in [0.2, 0.25) is 0 Å². The molecule has 1 N–H and O–H groups in total. The van der Waals surface area contributed by atoms with Crippen molar-refractivity contribution >= 4 is 5.91 Å². The Bertz CT molecular complexity index is 653. The van der Waals surface area contributed by atoms with Gasteiger partial charge >= 0.3 is 0 Å². The van der Waals surface area contributed by atoms with Crippen molar-refractivity contribution in [2.45, 2.75) is 51.4 Å². The Labute approximate surface area is 144 Å². The van der Waals surface area contributed by atoms with E-state index < -0.39 is 0 Å². The Hall–Kier alpha value is -2.10. The van der Waals surface area contributed by atoms with Gasteiger partial charge in [-0.2, -0.15) is 5.10 Å². The first-order chi connectivity index (χ1) is 11.8. The molecule has 1 saturated carbocycles. The Morgan fingerprint density at radius 2 is 1.71 bits per heavy atom. The van der Waals surface area contributed by atoms with Crippen LogP contribution in [0.5, 0.6) is 0 Å². The summed E-state index contributed by atoms with van der Waals surface area (Å²) in [7, 11) is 0. The number of aromatic nitrogens is 2. The van der Waals surface area contributed by atoms with Crippen LogP contribution in [-0.4, -0.2) is 34.1 Å². The van der Waals surface area contributed by atoms with Crippen molar-refractivity contribution in [2.75, 3.05) is 13.1 Å². The van der Waals surface area contributed by atoms with E-state index in [2.05, 4.69) is 40.5 Å². The number of carbonyl (C=O) groups is 1. The van der Waals surface area contributed by atoms with Crippen molar-refractivity contribution in [3.05, 3.63) is 53.3 Å². The predicted molar refractivity (Wildman–Crippen MR) is 96.2 cm³/mol. The van der Waals surface area contributed by atoms with E-state index in [9.17, 15) is 4.79 Å². The number of hydrogen-bond acceptors (Lipinski definition) is 2. The number of amides is 1. The lowest BCUT2D eigenvalue weighted by Gasteiger charge is -2.31. The van der Waals surface area contributed by atoms with Gasteiger partial charge in [-0.15, -0.1) is 0 Å². The lowest BCUT2D eigenvalue weighted by molar-refractivity contribution is 0.0707. The minimum absolute atomic E-state index is 0.0784.